The number of benzene rings is 1. The molecular weight excluding hydrogens is 298 g/mol. The highest BCUT2D eigenvalue weighted by atomic mass is 79.9. The van der Waals surface area contributed by atoms with Gasteiger partial charge in [-0.25, -0.2) is 0 Å². The van der Waals surface area contributed by atoms with Gasteiger partial charge in [-0.1, -0.05) is 22.9 Å². The normalized spacial score (nSPS) is 12.2. The fraction of sp³-hybridized carbons (Fsp3) is 0.462. The van der Waals surface area contributed by atoms with Crippen molar-refractivity contribution >= 4 is 33.6 Å². The Bertz CT molecular complexity index is 395. The molecule has 0 radical (unpaired) electrons. The molecule has 17 heavy (non-hydrogen) atoms. The van der Waals surface area contributed by atoms with E-state index in [-0.39, 0.29) is 11.9 Å². The Balaban J connectivity index is 2.60. The number of amides is 1. The molecule has 94 valence electrons. The first-order chi connectivity index (χ1) is 8.04. The van der Waals surface area contributed by atoms with Gasteiger partial charge in [0.15, 0.2) is 0 Å². The summed E-state index contributed by atoms with van der Waals surface area (Å²) in [6.45, 7) is 6.14. The first kappa shape index (κ1) is 14.6. The molecule has 1 aromatic carbocycles. The highest BCUT2D eigenvalue weighted by Crippen LogP contribution is 2.17. The van der Waals surface area contributed by atoms with Crippen molar-refractivity contribution in [2.24, 2.45) is 0 Å². The molecule has 2 nitrogen and oxygen atoms in total. The topological polar surface area (TPSA) is 29.1 Å². The Labute approximate surface area is 116 Å². The van der Waals surface area contributed by atoms with E-state index < -0.39 is 0 Å². The highest BCUT2D eigenvalue weighted by Gasteiger charge is 2.10. The SMILES string of the molecule is CCSCC(C)NC(=O)c1ccc(Br)c(C)c1. The summed E-state index contributed by atoms with van der Waals surface area (Å²) in [7, 11) is 0. The van der Waals surface area contributed by atoms with Gasteiger partial charge in [0, 0.05) is 21.8 Å². The Morgan fingerprint density at radius 3 is 2.82 bits per heavy atom. The molecule has 1 rings (SSSR count). The van der Waals surface area contributed by atoms with Gasteiger partial charge >= 0.3 is 0 Å². The zero-order valence-electron chi connectivity index (χ0n) is 10.4. The van der Waals surface area contributed by atoms with E-state index >= 15 is 0 Å². The number of thioether (sulfide) groups is 1. The summed E-state index contributed by atoms with van der Waals surface area (Å²) in [5, 5.41) is 3.00. The van der Waals surface area contributed by atoms with E-state index in [1.165, 1.54) is 0 Å². The lowest BCUT2D eigenvalue weighted by Crippen LogP contribution is -2.34. The van der Waals surface area contributed by atoms with Gasteiger partial charge in [-0.05, 0) is 43.4 Å². The van der Waals surface area contributed by atoms with Crippen molar-refractivity contribution in [3.05, 3.63) is 33.8 Å². The van der Waals surface area contributed by atoms with E-state index in [0.717, 1.165) is 27.1 Å². The second-order valence-electron chi connectivity index (χ2n) is 4.00. The van der Waals surface area contributed by atoms with Gasteiger partial charge in [0.2, 0.25) is 0 Å². The first-order valence-corrected chi connectivity index (χ1v) is 7.64. The zero-order chi connectivity index (χ0) is 12.8. The number of aryl methyl sites for hydroxylation is 1. The molecule has 0 bridgehead atoms. The van der Waals surface area contributed by atoms with Crippen molar-refractivity contribution in [2.75, 3.05) is 11.5 Å². The molecule has 0 aromatic heterocycles. The van der Waals surface area contributed by atoms with Crippen LogP contribution in [-0.2, 0) is 0 Å². The van der Waals surface area contributed by atoms with Crippen LogP contribution in [0.2, 0.25) is 0 Å². The predicted octanol–water partition coefficient (Wildman–Crippen LogP) is 3.63. The zero-order valence-corrected chi connectivity index (χ0v) is 12.8. The van der Waals surface area contributed by atoms with Crippen molar-refractivity contribution < 1.29 is 4.79 Å². The number of carbonyl (C=O) groups excluding carboxylic acids is 1. The molecule has 0 saturated heterocycles. The van der Waals surface area contributed by atoms with Crippen LogP contribution in [0.1, 0.15) is 29.8 Å². The monoisotopic (exact) mass is 315 g/mol. The number of hydrogen-bond acceptors (Lipinski definition) is 2. The molecule has 0 spiro atoms. The van der Waals surface area contributed by atoms with Gasteiger partial charge in [0.1, 0.15) is 0 Å². The van der Waals surface area contributed by atoms with Crippen LogP contribution < -0.4 is 5.32 Å². The first-order valence-electron chi connectivity index (χ1n) is 5.69. The minimum atomic E-state index is 0.00445. The molecule has 1 aromatic rings. The number of carbonyl (C=O) groups is 1. The Hall–Kier alpha value is -0.480. The van der Waals surface area contributed by atoms with Crippen molar-refractivity contribution in [1.29, 1.82) is 0 Å². The highest BCUT2D eigenvalue weighted by molar-refractivity contribution is 9.10. The van der Waals surface area contributed by atoms with Gasteiger partial charge in [-0.3, -0.25) is 4.79 Å². The fourth-order valence-corrected chi connectivity index (χ4v) is 2.35. The Morgan fingerprint density at radius 1 is 1.53 bits per heavy atom. The molecule has 1 atom stereocenters. The molecular formula is C13H18BrNOS. The average Bonchev–Trinajstić information content (AvgIpc) is 2.30. The van der Waals surface area contributed by atoms with Gasteiger partial charge in [-0.15, -0.1) is 0 Å². The summed E-state index contributed by atoms with van der Waals surface area (Å²) in [5.74, 6) is 2.04. The third-order valence-corrected chi connectivity index (χ3v) is 4.40. The van der Waals surface area contributed by atoms with Crippen molar-refractivity contribution in [3.63, 3.8) is 0 Å². The van der Waals surface area contributed by atoms with Crippen LogP contribution in [0.5, 0.6) is 0 Å². The maximum Gasteiger partial charge on any atom is 0.251 e. The number of halogens is 1. The molecule has 1 unspecified atom stereocenters. The van der Waals surface area contributed by atoms with E-state index in [4.69, 9.17) is 0 Å². The molecule has 0 aliphatic carbocycles. The van der Waals surface area contributed by atoms with Gasteiger partial charge in [0.25, 0.3) is 5.91 Å². The van der Waals surface area contributed by atoms with Crippen LogP contribution in [0.15, 0.2) is 22.7 Å². The van der Waals surface area contributed by atoms with Crippen LogP contribution in [0.4, 0.5) is 0 Å². The largest absolute Gasteiger partial charge is 0.349 e. The standard InChI is InChI=1S/C13H18BrNOS/c1-4-17-8-10(3)15-13(16)11-5-6-12(14)9(2)7-11/h5-7,10H,4,8H2,1-3H3,(H,15,16). The fourth-order valence-electron chi connectivity index (χ4n) is 1.43. The van der Waals surface area contributed by atoms with Crippen LogP contribution in [0.25, 0.3) is 0 Å². The molecule has 0 fully saturated rings. The minimum Gasteiger partial charge on any atom is -0.349 e. The molecule has 1 amide bonds. The van der Waals surface area contributed by atoms with Gasteiger partial charge < -0.3 is 5.32 Å². The van der Waals surface area contributed by atoms with Crippen LogP contribution in [0.3, 0.4) is 0 Å². The summed E-state index contributed by atoms with van der Waals surface area (Å²) >= 11 is 5.27. The van der Waals surface area contributed by atoms with Crippen molar-refractivity contribution in [1.82, 2.24) is 5.32 Å². The predicted molar refractivity (Wildman–Crippen MR) is 78.8 cm³/mol. The minimum absolute atomic E-state index is 0.00445. The van der Waals surface area contributed by atoms with E-state index in [0.29, 0.717) is 0 Å². The lowest BCUT2D eigenvalue weighted by molar-refractivity contribution is 0.0943. The molecule has 0 heterocycles. The summed E-state index contributed by atoms with van der Waals surface area (Å²) in [5.41, 5.74) is 1.80. The Morgan fingerprint density at radius 2 is 2.24 bits per heavy atom. The maximum atomic E-state index is 11.9. The summed E-state index contributed by atoms with van der Waals surface area (Å²) in [6.07, 6.45) is 0. The Kier molecular flexibility index (Phi) is 6.06. The summed E-state index contributed by atoms with van der Waals surface area (Å²) in [6, 6.07) is 5.86. The lowest BCUT2D eigenvalue weighted by atomic mass is 10.1. The molecule has 1 N–H and O–H groups in total. The average molecular weight is 316 g/mol. The quantitative estimate of drug-likeness (QED) is 0.899. The van der Waals surface area contributed by atoms with E-state index in [9.17, 15) is 4.79 Å². The van der Waals surface area contributed by atoms with Gasteiger partial charge in [0.05, 0.1) is 0 Å². The maximum absolute atomic E-state index is 11.9. The van der Waals surface area contributed by atoms with Crippen LogP contribution in [0, 0.1) is 6.92 Å². The van der Waals surface area contributed by atoms with E-state index in [2.05, 4.69) is 28.2 Å². The lowest BCUT2D eigenvalue weighted by Gasteiger charge is -2.13. The van der Waals surface area contributed by atoms with Crippen molar-refractivity contribution in [3.8, 4) is 0 Å². The van der Waals surface area contributed by atoms with Gasteiger partial charge in [-0.2, -0.15) is 11.8 Å². The van der Waals surface area contributed by atoms with Crippen molar-refractivity contribution in [2.45, 2.75) is 26.8 Å². The van der Waals surface area contributed by atoms with Crippen LogP contribution >= 0.6 is 27.7 Å². The summed E-state index contributed by atoms with van der Waals surface area (Å²) < 4.78 is 1.03. The molecule has 0 saturated carbocycles. The van der Waals surface area contributed by atoms with E-state index in [1.807, 2.05) is 43.8 Å². The number of nitrogens with one attached hydrogen (secondary N) is 1. The number of rotatable bonds is 5. The molecule has 4 heteroatoms. The van der Waals surface area contributed by atoms with E-state index in [1.54, 1.807) is 0 Å². The second-order valence-corrected chi connectivity index (χ2v) is 6.17. The number of hydrogen-bond donors (Lipinski definition) is 1. The molecule has 0 aliphatic heterocycles. The van der Waals surface area contributed by atoms with Crippen LogP contribution in [-0.4, -0.2) is 23.5 Å². The third-order valence-electron chi connectivity index (χ3n) is 2.37. The third kappa shape index (κ3) is 4.72. The summed E-state index contributed by atoms with van der Waals surface area (Å²) in [4.78, 5) is 11.9. The smallest absolute Gasteiger partial charge is 0.251 e. The molecule has 0 aliphatic rings. The second kappa shape index (κ2) is 7.07.